The van der Waals surface area contributed by atoms with Gasteiger partial charge >= 0.3 is 0 Å². The first kappa shape index (κ1) is 18.1. The Morgan fingerprint density at radius 3 is 2.33 bits per heavy atom. The Hall–Kier alpha value is -0.900. The molecule has 0 aromatic carbocycles. The second kappa shape index (κ2) is 8.52. The fraction of sp³-hybridized carbons (Fsp3) is 0.882. The molecule has 0 spiro atoms. The molecule has 2 aliphatic rings. The van der Waals surface area contributed by atoms with Crippen molar-refractivity contribution < 1.29 is 9.59 Å². The minimum Gasteiger partial charge on any atom is -0.343 e. The fourth-order valence-corrected chi connectivity index (χ4v) is 3.13. The fourth-order valence-electron chi connectivity index (χ4n) is 3.13. The number of piperidine rings is 1. The summed E-state index contributed by atoms with van der Waals surface area (Å²) in [7, 11) is 0. The van der Waals surface area contributed by atoms with Gasteiger partial charge in [0, 0.05) is 31.5 Å². The molecule has 122 valence electrons. The second-order valence-electron chi connectivity index (χ2n) is 6.40. The maximum Gasteiger partial charge on any atom is 0.222 e. The van der Waals surface area contributed by atoms with Crippen molar-refractivity contribution in [3.63, 3.8) is 0 Å². The second-order valence-corrected chi connectivity index (χ2v) is 6.40. The van der Waals surface area contributed by atoms with Crippen LogP contribution in [-0.2, 0) is 9.59 Å². The summed E-state index contributed by atoms with van der Waals surface area (Å²) >= 11 is 0. The minimum absolute atomic E-state index is 0.205. The lowest BCUT2D eigenvalue weighted by Crippen LogP contribution is -2.43. The quantitative estimate of drug-likeness (QED) is 0.749. The maximum absolute atomic E-state index is 12.3. The molecule has 0 aliphatic carbocycles. The average molecular weight is 296 g/mol. The number of aldehydes is 1. The van der Waals surface area contributed by atoms with Crippen LogP contribution in [0.5, 0.6) is 0 Å². The van der Waals surface area contributed by atoms with Crippen molar-refractivity contribution in [2.24, 2.45) is 11.3 Å². The van der Waals surface area contributed by atoms with Crippen LogP contribution < -0.4 is 0 Å². The first-order chi connectivity index (χ1) is 10.1. The molecule has 2 rings (SSSR count). The summed E-state index contributed by atoms with van der Waals surface area (Å²) in [6.07, 6.45) is 4.53. The number of likely N-dealkylation sites (tertiary alicyclic amines) is 2. The third-order valence-electron chi connectivity index (χ3n) is 4.82. The molecule has 0 bridgehead atoms. The van der Waals surface area contributed by atoms with Crippen LogP contribution in [-0.4, -0.2) is 54.7 Å². The zero-order valence-electron chi connectivity index (χ0n) is 14.2. The van der Waals surface area contributed by atoms with Gasteiger partial charge in [-0.2, -0.15) is 0 Å². The van der Waals surface area contributed by atoms with E-state index in [0.29, 0.717) is 12.3 Å². The predicted molar refractivity (Wildman–Crippen MR) is 86.2 cm³/mol. The van der Waals surface area contributed by atoms with E-state index in [9.17, 15) is 9.59 Å². The first-order valence-electron chi connectivity index (χ1n) is 8.53. The van der Waals surface area contributed by atoms with E-state index < -0.39 is 0 Å². The standard InChI is InChI=1S/C15H26N2O2.C2H6/c1-3-16-7-4-13(11-16)10-14(19)17-8-5-15(2,12-18)6-9-17;1-2/h12-13H,3-11H2,1-2H3;1-2H3. The van der Waals surface area contributed by atoms with Crippen molar-refractivity contribution in [1.82, 2.24) is 9.80 Å². The van der Waals surface area contributed by atoms with Gasteiger partial charge in [0.1, 0.15) is 6.29 Å². The number of nitrogens with zero attached hydrogens (tertiary/aromatic N) is 2. The highest BCUT2D eigenvalue weighted by atomic mass is 16.2. The Morgan fingerprint density at radius 2 is 1.86 bits per heavy atom. The van der Waals surface area contributed by atoms with Crippen molar-refractivity contribution in [3.05, 3.63) is 0 Å². The van der Waals surface area contributed by atoms with Crippen LogP contribution in [0, 0.1) is 11.3 Å². The molecule has 4 nitrogen and oxygen atoms in total. The summed E-state index contributed by atoms with van der Waals surface area (Å²) in [5.74, 6) is 0.822. The lowest BCUT2D eigenvalue weighted by molar-refractivity contribution is -0.136. The molecule has 0 radical (unpaired) electrons. The van der Waals surface area contributed by atoms with E-state index >= 15 is 0 Å². The summed E-state index contributed by atoms with van der Waals surface area (Å²) < 4.78 is 0. The third kappa shape index (κ3) is 5.10. The molecule has 2 fully saturated rings. The van der Waals surface area contributed by atoms with Gasteiger partial charge in [0.05, 0.1) is 0 Å². The zero-order chi connectivity index (χ0) is 15.9. The Balaban J connectivity index is 0.00000106. The van der Waals surface area contributed by atoms with E-state index in [1.165, 1.54) is 0 Å². The smallest absolute Gasteiger partial charge is 0.222 e. The topological polar surface area (TPSA) is 40.6 Å². The van der Waals surface area contributed by atoms with Gasteiger partial charge in [0.25, 0.3) is 0 Å². The van der Waals surface area contributed by atoms with E-state index in [4.69, 9.17) is 0 Å². The van der Waals surface area contributed by atoms with E-state index in [0.717, 1.165) is 58.3 Å². The number of carbonyl (C=O) groups excluding carboxylic acids is 2. The van der Waals surface area contributed by atoms with E-state index in [2.05, 4.69) is 11.8 Å². The lowest BCUT2D eigenvalue weighted by atomic mass is 9.82. The molecular weight excluding hydrogens is 264 g/mol. The Morgan fingerprint density at radius 1 is 1.24 bits per heavy atom. The summed E-state index contributed by atoms with van der Waals surface area (Å²) in [4.78, 5) is 27.6. The van der Waals surface area contributed by atoms with E-state index in [1.54, 1.807) is 0 Å². The van der Waals surface area contributed by atoms with Gasteiger partial charge in [-0.1, -0.05) is 27.7 Å². The van der Waals surface area contributed by atoms with Crippen molar-refractivity contribution in [3.8, 4) is 0 Å². The summed E-state index contributed by atoms with van der Waals surface area (Å²) in [6.45, 7) is 13.0. The Labute approximate surface area is 129 Å². The Kier molecular flexibility index (Phi) is 7.36. The number of amides is 1. The number of carbonyl (C=O) groups is 2. The first-order valence-corrected chi connectivity index (χ1v) is 8.53. The number of rotatable bonds is 4. The normalized spacial score (nSPS) is 25.1. The van der Waals surface area contributed by atoms with Gasteiger partial charge < -0.3 is 14.6 Å². The molecule has 1 amide bonds. The van der Waals surface area contributed by atoms with Crippen LogP contribution in [0.15, 0.2) is 0 Å². The monoisotopic (exact) mass is 296 g/mol. The highest BCUT2D eigenvalue weighted by molar-refractivity contribution is 5.77. The molecule has 2 aliphatic heterocycles. The molecule has 0 saturated carbocycles. The highest BCUT2D eigenvalue weighted by Gasteiger charge is 2.32. The molecule has 0 N–H and O–H groups in total. The largest absolute Gasteiger partial charge is 0.343 e. The van der Waals surface area contributed by atoms with E-state index in [-0.39, 0.29) is 11.3 Å². The van der Waals surface area contributed by atoms with Gasteiger partial charge in [-0.25, -0.2) is 0 Å². The van der Waals surface area contributed by atoms with Gasteiger partial charge in [-0.3, -0.25) is 4.79 Å². The third-order valence-corrected chi connectivity index (χ3v) is 4.82. The molecule has 1 atom stereocenters. The SMILES string of the molecule is CC.CCN1CCC(CC(=O)N2CCC(C)(C=O)CC2)C1. The summed E-state index contributed by atoms with van der Waals surface area (Å²) in [6, 6.07) is 0. The van der Waals surface area contributed by atoms with Crippen LogP contribution in [0.1, 0.15) is 53.4 Å². The molecular formula is C17H32N2O2. The Bertz CT molecular complexity index is 336. The summed E-state index contributed by atoms with van der Waals surface area (Å²) in [5, 5.41) is 0. The maximum atomic E-state index is 12.3. The van der Waals surface area contributed by atoms with Crippen LogP contribution >= 0.6 is 0 Å². The highest BCUT2D eigenvalue weighted by Crippen LogP contribution is 2.29. The predicted octanol–water partition coefficient (Wildman–Crippen LogP) is 2.57. The minimum atomic E-state index is -0.205. The van der Waals surface area contributed by atoms with Crippen LogP contribution in [0.4, 0.5) is 0 Å². The molecule has 2 heterocycles. The van der Waals surface area contributed by atoms with E-state index in [1.807, 2.05) is 25.7 Å². The molecule has 0 aromatic heterocycles. The van der Waals surface area contributed by atoms with Gasteiger partial charge in [-0.05, 0) is 38.3 Å². The van der Waals surface area contributed by atoms with Crippen LogP contribution in [0.25, 0.3) is 0 Å². The molecule has 21 heavy (non-hydrogen) atoms. The van der Waals surface area contributed by atoms with Crippen molar-refractivity contribution in [2.75, 3.05) is 32.7 Å². The molecule has 4 heteroatoms. The van der Waals surface area contributed by atoms with Crippen molar-refractivity contribution in [1.29, 1.82) is 0 Å². The molecule has 0 aromatic rings. The zero-order valence-corrected chi connectivity index (χ0v) is 14.2. The molecule has 2 saturated heterocycles. The molecule has 1 unspecified atom stereocenters. The van der Waals surface area contributed by atoms with Crippen LogP contribution in [0.3, 0.4) is 0 Å². The van der Waals surface area contributed by atoms with Crippen LogP contribution in [0.2, 0.25) is 0 Å². The van der Waals surface area contributed by atoms with Gasteiger partial charge in [0.15, 0.2) is 0 Å². The number of hydrogen-bond donors (Lipinski definition) is 0. The summed E-state index contributed by atoms with van der Waals surface area (Å²) in [5.41, 5.74) is -0.205. The average Bonchev–Trinajstić information content (AvgIpc) is 2.97. The lowest BCUT2D eigenvalue weighted by Gasteiger charge is -2.36. The van der Waals surface area contributed by atoms with Crippen molar-refractivity contribution in [2.45, 2.75) is 53.4 Å². The van der Waals surface area contributed by atoms with Gasteiger partial charge in [0.2, 0.25) is 5.91 Å². The number of hydrogen-bond acceptors (Lipinski definition) is 3. The van der Waals surface area contributed by atoms with Crippen molar-refractivity contribution >= 4 is 12.2 Å². The van der Waals surface area contributed by atoms with Gasteiger partial charge in [-0.15, -0.1) is 0 Å².